The maximum atomic E-state index is 14.2. The molecule has 232 valence electrons. The Balaban J connectivity index is 1.49. The molecular weight excluding hydrogens is 588 g/mol. The highest BCUT2D eigenvalue weighted by Crippen LogP contribution is 2.43. The van der Waals surface area contributed by atoms with Crippen LogP contribution in [0.25, 0.3) is 21.6 Å². The summed E-state index contributed by atoms with van der Waals surface area (Å²) in [5, 5.41) is 15.4. The van der Waals surface area contributed by atoms with E-state index in [9.17, 15) is 19.5 Å². The number of benzene rings is 2. The number of amides is 2. The number of aromatic nitrogens is 1. The van der Waals surface area contributed by atoms with Crippen molar-refractivity contribution in [2.45, 2.75) is 47.1 Å². The molecule has 4 N–H and O–H groups in total. The van der Waals surface area contributed by atoms with E-state index in [4.69, 9.17) is 10.5 Å². The summed E-state index contributed by atoms with van der Waals surface area (Å²) in [5.41, 5.74) is 11.7. The molecule has 10 heteroatoms. The Hall–Kier alpha value is -4.54. The summed E-state index contributed by atoms with van der Waals surface area (Å²) in [6, 6.07) is 12.6. The fraction of sp³-hybridized carbons (Fsp3) is 0.314. The number of nitrogens with two attached hydrogens (primary N) is 1. The van der Waals surface area contributed by atoms with E-state index in [0.29, 0.717) is 49.7 Å². The zero-order valence-corrected chi connectivity index (χ0v) is 26.6. The Kier molecular flexibility index (Phi) is 7.96. The van der Waals surface area contributed by atoms with Crippen molar-refractivity contribution in [1.82, 2.24) is 9.88 Å². The molecule has 0 aliphatic carbocycles. The second-order valence-corrected chi connectivity index (χ2v) is 13.5. The zero-order valence-electron chi connectivity index (χ0n) is 25.8. The highest BCUT2D eigenvalue weighted by molar-refractivity contribution is 7.13. The predicted molar refractivity (Wildman–Crippen MR) is 175 cm³/mol. The van der Waals surface area contributed by atoms with Crippen LogP contribution in [-0.2, 0) is 13.0 Å². The van der Waals surface area contributed by atoms with Crippen LogP contribution in [0, 0.1) is 19.3 Å². The number of carboxylic acid groups (broad SMARTS) is 1. The predicted octanol–water partition coefficient (Wildman–Crippen LogP) is 6.31. The summed E-state index contributed by atoms with van der Waals surface area (Å²) in [7, 11) is 0. The van der Waals surface area contributed by atoms with Crippen LogP contribution in [0.15, 0.2) is 47.8 Å². The van der Waals surface area contributed by atoms with Gasteiger partial charge in [-0.1, -0.05) is 26.0 Å². The molecule has 0 saturated carbocycles. The van der Waals surface area contributed by atoms with Crippen LogP contribution < -0.4 is 15.8 Å². The number of pyridine rings is 1. The Labute approximate surface area is 266 Å². The summed E-state index contributed by atoms with van der Waals surface area (Å²) < 4.78 is 6.15. The minimum Gasteiger partial charge on any atom is -0.493 e. The molecule has 4 aromatic rings. The van der Waals surface area contributed by atoms with E-state index in [1.165, 1.54) is 0 Å². The Morgan fingerprint density at radius 2 is 1.82 bits per heavy atom. The number of aryl methyl sites for hydroxylation is 2. The summed E-state index contributed by atoms with van der Waals surface area (Å²) in [6.07, 6.45) is 1.57. The van der Waals surface area contributed by atoms with Gasteiger partial charge in [0.15, 0.2) is 5.69 Å². The first-order valence-corrected chi connectivity index (χ1v) is 15.9. The number of thiophene rings is 1. The Morgan fingerprint density at radius 1 is 1.07 bits per heavy atom. The molecule has 9 nitrogen and oxygen atoms in total. The molecule has 45 heavy (non-hydrogen) atoms. The molecule has 1 fully saturated rings. The number of rotatable bonds is 6. The number of nitrogens with one attached hydrogen (secondary N) is 1. The van der Waals surface area contributed by atoms with Crippen LogP contribution in [0.3, 0.4) is 0 Å². The van der Waals surface area contributed by atoms with Gasteiger partial charge in [-0.15, -0.1) is 11.3 Å². The van der Waals surface area contributed by atoms with E-state index in [0.717, 1.165) is 39.1 Å². The second kappa shape index (κ2) is 11.8. The van der Waals surface area contributed by atoms with Crippen molar-refractivity contribution in [2.75, 3.05) is 25.0 Å². The monoisotopic (exact) mass is 624 g/mol. The standard InChI is InChI=1S/C35H36N4O5S/c1-19-13-21(17-36)14-20(2)29(19)38-32(40)25-15-26-28(44-11-7-22-8-12-45-31(22)26)16-24(25)23-5-6-27(37-30(23)34(42)43)33(41)39-10-9-35(3,4)18-39/h5-6,8,12-16H,7,9-11,17-18,36H2,1-4H3,(H,38,40)(H,42,43). The number of fused-ring (bicyclic) bond motifs is 3. The average Bonchev–Trinajstić information content (AvgIpc) is 3.59. The van der Waals surface area contributed by atoms with Crippen LogP contribution in [0.5, 0.6) is 5.75 Å². The third-order valence-electron chi connectivity index (χ3n) is 8.62. The van der Waals surface area contributed by atoms with Crippen LogP contribution in [0.4, 0.5) is 5.69 Å². The molecule has 6 rings (SSSR count). The number of likely N-dealkylation sites (tertiary alicyclic amines) is 1. The smallest absolute Gasteiger partial charge is 0.355 e. The van der Waals surface area contributed by atoms with E-state index < -0.39 is 11.9 Å². The lowest BCUT2D eigenvalue weighted by molar-refractivity contribution is 0.0690. The molecule has 0 spiro atoms. The molecule has 2 amide bonds. The van der Waals surface area contributed by atoms with E-state index in [1.807, 2.05) is 31.4 Å². The molecule has 4 heterocycles. The summed E-state index contributed by atoms with van der Waals surface area (Å²) >= 11 is 1.57. The normalized spacial score (nSPS) is 15.1. The topological polar surface area (TPSA) is 135 Å². The minimum atomic E-state index is -1.30. The van der Waals surface area contributed by atoms with Crippen molar-refractivity contribution in [2.24, 2.45) is 11.1 Å². The van der Waals surface area contributed by atoms with E-state index in [2.05, 4.69) is 30.2 Å². The number of carboxylic acids is 1. The van der Waals surface area contributed by atoms with Gasteiger partial charge in [-0.05, 0) is 83.6 Å². The van der Waals surface area contributed by atoms with Crippen molar-refractivity contribution in [3.8, 4) is 27.3 Å². The van der Waals surface area contributed by atoms with Crippen LogP contribution in [0.1, 0.15) is 73.9 Å². The molecule has 0 bridgehead atoms. The molecule has 0 unspecified atom stereocenters. The third kappa shape index (κ3) is 5.83. The van der Waals surface area contributed by atoms with Gasteiger partial charge in [-0.2, -0.15) is 0 Å². The van der Waals surface area contributed by atoms with E-state index >= 15 is 0 Å². The Morgan fingerprint density at radius 3 is 2.49 bits per heavy atom. The number of hydrogen-bond acceptors (Lipinski definition) is 7. The first-order chi connectivity index (χ1) is 21.5. The highest BCUT2D eigenvalue weighted by Gasteiger charge is 2.34. The van der Waals surface area contributed by atoms with E-state index in [1.54, 1.807) is 40.5 Å². The zero-order chi connectivity index (χ0) is 32.0. The molecule has 0 radical (unpaired) electrons. The summed E-state index contributed by atoms with van der Waals surface area (Å²) in [5.74, 6) is -1.46. The fourth-order valence-corrected chi connectivity index (χ4v) is 7.26. The van der Waals surface area contributed by atoms with Gasteiger partial charge >= 0.3 is 5.97 Å². The number of carbonyl (C=O) groups is 3. The van der Waals surface area contributed by atoms with Crippen molar-refractivity contribution in [3.63, 3.8) is 0 Å². The number of ether oxygens (including phenoxy) is 1. The quantitative estimate of drug-likeness (QED) is 0.229. The second-order valence-electron chi connectivity index (χ2n) is 12.6. The van der Waals surface area contributed by atoms with Crippen molar-refractivity contribution < 1.29 is 24.2 Å². The first kappa shape index (κ1) is 30.5. The molecule has 2 aromatic carbocycles. The van der Waals surface area contributed by atoms with Gasteiger partial charge in [-0.25, -0.2) is 9.78 Å². The lowest BCUT2D eigenvalue weighted by atomic mass is 9.93. The van der Waals surface area contributed by atoms with Gasteiger partial charge in [0.1, 0.15) is 11.4 Å². The highest BCUT2D eigenvalue weighted by atomic mass is 32.1. The summed E-state index contributed by atoms with van der Waals surface area (Å²) in [6.45, 7) is 10.00. The van der Waals surface area contributed by atoms with Gasteiger partial charge in [0, 0.05) is 58.9 Å². The van der Waals surface area contributed by atoms with Gasteiger partial charge < -0.3 is 25.8 Å². The lowest BCUT2D eigenvalue weighted by Crippen LogP contribution is -2.31. The molecular formula is C35H36N4O5S. The number of aromatic carboxylic acids is 1. The number of anilines is 1. The summed E-state index contributed by atoms with van der Waals surface area (Å²) in [4.78, 5) is 47.3. The van der Waals surface area contributed by atoms with Crippen molar-refractivity contribution in [1.29, 1.82) is 0 Å². The van der Waals surface area contributed by atoms with Gasteiger partial charge in [0.25, 0.3) is 11.8 Å². The molecule has 2 aliphatic heterocycles. The minimum absolute atomic E-state index is 0.0148. The average molecular weight is 625 g/mol. The first-order valence-electron chi connectivity index (χ1n) is 15.0. The lowest BCUT2D eigenvalue weighted by Gasteiger charge is -2.20. The van der Waals surface area contributed by atoms with Crippen LogP contribution in [-0.4, -0.2) is 52.5 Å². The SMILES string of the molecule is Cc1cc(CN)cc(C)c1NC(=O)c1cc2c(cc1-c1ccc(C(=O)N3CCC(C)(C)C3)nc1C(=O)O)OCCc1ccsc1-2. The number of carbonyl (C=O) groups excluding carboxylic acids is 2. The molecule has 2 aliphatic rings. The number of nitrogens with zero attached hydrogens (tertiary/aromatic N) is 2. The fourth-order valence-electron chi connectivity index (χ4n) is 6.28. The molecule has 0 atom stereocenters. The Bertz CT molecular complexity index is 1840. The van der Waals surface area contributed by atoms with Crippen LogP contribution in [0.2, 0.25) is 0 Å². The van der Waals surface area contributed by atoms with E-state index in [-0.39, 0.29) is 33.8 Å². The van der Waals surface area contributed by atoms with Crippen LogP contribution >= 0.6 is 11.3 Å². The van der Waals surface area contributed by atoms with Crippen molar-refractivity contribution >= 4 is 34.8 Å². The van der Waals surface area contributed by atoms with Gasteiger partial charge in [0.2, 0.25) is 0 Å². The third-order valence-corrected chi connectivity index (χ3v) is 9.61. The van der Waals surface area contributed by atoms with Gasteiger partial charge in [0.05, 0.1) is 6.61 Å². The molecule has 2 aromatic heterocycles. The molecule has 1 saturated heterocycles. The van der Waals surface area contributed by atoms with Crippen molar-refractivity contribution in [3.05, 3.63) is 87.0 Å². The maximum absolute atomic E-state index is 14.2. The largest absolute Gasteiger partial charge is 0.493 e. The number of hydrogen-bond donors (Lipinski definition) is 3. The van der Waals surface area contributed by atoms with Gasteiger partial charge in [-0.3, -0.25) is 9.59 Å². The maximum Gasteiger partial charge on any atom is 0.355 e.